The summed E-state index contributed by atoms with van der Waals surface area (Å²) < 4.78 is 6.15. The quantitative estimate of drug-likeness (QED) is 0.804. The highest BCUT2D eigenvalue weighted by Gasteiger charge is 2.45. The van der Waals surface area contributed by atoms with Gasteiger partial charge in [-0.1, -0.05) is 6.07 Å². The van der Waals surface area contributed by atoms with Crippen molar-refractivity contribution in [2.24, 2.45) is 5.92 Å². The molecule has 1 saturated heterocycles. The van der Waals surface area contributed by atoms with Crippen molar-refractivity contribution in [1.29, 1.82) is 0 Å². The highest BCUT2D eigenvalue weighted by Crippen LogP contribution is 2.44. The standard InChI is InChI=1S/C13H12BrNO3/c1-18-9-5-4-6-7(11(9)14)2-3-8-10(6)13(17)15-12(8)16/h4-5,8,10H,2-3H2,1H3,(H,15,16,17). The minimum Gasteiger partial charge on any atom is -0.496 e. The highest BCUT2D eigenvalue weighted by atomic mass is 79.9. The van der Waals surface area contributed by atoms with Gasteiger partial charge in [0.2, 0.25) is 11.8 Å². The summed E-state index contributed by atoms with van der Waals surface area (Å²) in [5.74, 6) is -0.0868. The van der Waals surface area contributed by atoms with Crippen LogP contribution in [0.2, 0.25) is 0 Å². The summed E-state index contributed by atoms with van der Waals surface area (Å²) in [6.45, 7) is 0. The maximum absolute atomic E-state index is 11.9. The van der Waals surface area contributed by atoms with Crippen LogP contribution in [0, 0.1) is 5.92 Å². The lowest BCUT2D eigenvalue weighted by atomic mass is 9.76. The number of amides is 2. The van der Waals surface area contributed by atoms with E-state index in [1.807, 2.05) is 12.1 Å². The fourth-order valence-corrected chi connectivity index (χ4v) is 3.62. The molecule has 1 aromatic carbocycles. The summed E-state index contributed by atoms with van der Waals surface area (Å²) in [5.41, 5.74) is 2.03. The molecule has 0 radical (unpaired) electrons. The molecule has 0 bridgehead atoms. The number of carbonyl (C=O) groups excluding carboxylic acids is 2. The number of methoxy groups -OCH3 is 1. The third-order valence-electron chi connectivity index (χ3n) is 3.77. The zero-order chi connectivity index (χ0) is 12.9. The fraction of sp³-hybridized carbons (Fsp3) is 0.385. The lowest BCUT2D eigenvalue weighted by molar-refractivity contribution is -0.125. The lowest BCUT2D eigenvalue weighted by Gasteiger charge is -2.26. The first-order valence-corrected chi connectivity index (χ1v) is 6.62. The van der Waals surface area contributed by atoms with Gasteiger partial charge in [-0.2, -0.15) is 0 Å². The minimum absolute atomic E-state index is 0.136. The second-order valence-electron chi connectivity index (χ2n) is 4.63. The first-order chi connectivity index (χ1) is 8.63. The molecule has 4 nitrogen and oxygen atoms in total. The Balaban J connectivity index is 2.14. The van der Waals surface area contributed by atoms with Crippen LogP contribution in [0.3, 0.4) is 0 Å². The van der Waals surface area contributed by atoms with Crippen molar-refractivity contribution in [3.8, 4) is 5.75 Å². The molecule has 94 valence electrons. The van der Waals surface area contributed by atoms with Crippen LogP contribution in [0.25, 0.3) is 0 Å². The molecule has 1 heterocycles. The largest absolute Gasteiger partial charge is 0.496 e. The number of nitrogens with one attached hydrogen (secondary N) is 1. The SMILES string of the molecule is COc1ccc2c(c1Br)CCC1C(=O)NC(=O)C21. The molecular formula is C13H12BrNO3. The Morgan fingerprint density at radius 3 is 2.83 bits per heavy atom. The van der Waals surface area contributed by atoms with Crippen LogP contribution in [0.1, 0.15) is 23.5 Å². The number of hydrogen-bond acceptors (Lipinski definition) is 3. The molecule has 2 amide bonds. The molecule has 0 spiro atoms. The van der Waals surface area contributed by atoms with Crippen LogP contribution in [-0.2, 0) is 16.0 Å². The molecule has 5 heteroatoms. The van der Waals surface area contributed by atoms with Crippen molar-refractivity contribution in [2.75, 3.05) is 7.11 Å². The molecule has 0 saturated carbocycles. The summed E-state index contributed by atoms with van der Waals surface area (Å²) in [7, 11) is 1.62. The minimum atomic E-state index is -0.330. The predicted molar refractivity (Wildman–Crippen MR) is 68.4 cm³/mol. The zero-order valence-corrected chi connectivity index (χ0v) is 11.4. The third-order valence-corrected chi connectivity index (χ3v) is 4.64. The van der Waals surface area contributed by atoms with Crippen LogP contribution in [0.15, 0.2) is 16.6 Å². The van der Waals surface area contributed by atoms with Crippen molar-refractivity contribution < 1.29 is 14.3 Å². The van der Waals surface area contributed by atoms with E-state index in [0.29, 0.717) is 6.42 Å². The molecule has 1 aliphatic heterocycles. The summed E-state index contributed by atoms with van der Waals surface area (Å²) >= 11 is 3.52. The van der Waals surface area contributed by atoms with E-state index in [9.17, 15) is 9.59 Å². The van der Waals surface area contributed by atoms with Crippen molar-refractivity contribution in [1.82, 2.24) is 5.32 Å². The van der Waals surface area contributed by atoms with Gasteiger partial charge in [-0.15, -0.1) is 0 Å². The van der Waals surface area contributed by atoms with Crippen molar-refractivity contribution >= 4 is 27.7 Å². The molecule has 2 aliphatic rings. The summed E-state index contributed by atoms with van der Waals surface area (Å²) in [6.07, 6.45) is 1.50. The Hall–Kier alpha value is -1.36. The monoisotopic (exact) mass is 309 g/mol. The molecule has 18 heavy (non-hydrogen) atoms. The summed E-state index contributed by atoms with van der Waals surface area (Å²) in [6, 6.07) is 3.73. The normalized spacial score (nSPS) is 25.4. The molecule has 0 aromatic heterocycles. The van der Waals surface area contributed by atoms with Crippen molar-refractivity contribution in [3.63, 3.8) is 0 Å². The second-order valence-corrected chi connectivity index (χ2v) is 5.42. The van der Waals surface area contributed by atoms with Gasteiger partial charge in [0.1, 0.15) is 5.75 Å². The number of carbonyl (C=O) groups is 2. The number of halogens is 1. The van der Waals surface area contributed by atoms with E-state index in [4.69, 9.17) is 4.74 Å². The molecule has 2 atom stereocenters. The molecule has 1 N–H and O–H groups in total. The number of ether oxygens (including phenoxy) is 1. The van der Waals surface area contributed by atoms with Crippen LogP contribution < -0.4 is 10.1 Å². The van der Waals surface area contributed by atoms with Gasteiger partial charge in [0.25, 0.3) is 0 Å². The van der Waals surface area contributed by atoms with Gasteiger partial charge >= 0.3 is 0 Å². The number of benzene rings is 1. The topological polar surface area (TPSA) is 55.4 Å². The molecule has 2 unspecified atom stereocenters. The lowest BCUT2D eigenvalue weighted by Crippen LogP contribution is -2.23. The molecule has 1 aliphatic carbocycles. The van der Waals surface area contributed by atoms with Crippen LogP contribution >= 0.6 is 15.9 Å². The average Bonchev–Trinajstić information content (AvgIpc) is 2.66. The van der Waals surface area contributed by atoms with Gasteiger partial charge in [0.15, 0.2) is 0 Å². The van der Waals surface area contributed by atoms with E-state index in [1.165, 1.54) is 0 Å². The fourth-order valence-electron chi connectivity index (χ4n) is 2.90. The smallest absolute Gasteiger partial charge is 0.234 e. The van der Waals surface area contributed by atoms with E-state index in [2.05, 4.69) is 21.2 Å². The molecule has 1 fully saturated rings. The van der Waals surface area contributed by atoms with Gasteiger partial charge in [0, 0.05) is 0 Å². The number of rotatable bonds is 1. The van der Waals surface area contributed by atoms with Crippen LogP contribution in [0.4, 0.5) is 0 Å². The Morgan fingerprint density at radius 1 is 1.33 bits per heavy atom. The van der Waals surface area contributed by atoms with E-state index in [1.54, 1.807) is 7.11 Å². The van der Waals surface area contributed by atoms with E-state index >= 15 is 0 Å². The predicted octanol–water partition coefficient (Wildman–Crippen LogP) is 1.76. The molecule has 1 aromatic rings. The van der Waals surface area contributed by atoms with E-state index in [0.717, 1.165) is 27.8 Å². The van der Waals surface area contributed by atoms with Gasteiger partial charge in [0.05, 0.1) is 23.4 Å². The first-order valence-electron chi connectivity index (χ1n) is 5.83. The second kappa shape index (κ2) is 4.09. The van der Waals surface area contributed by atoms with Gasteiger partial charge in [-0.3, -0.25) is 14.9 Å². The average molecular weight is 310 g/mol. The van der Waals surface area contributed by atoms with Crippen molar-refractivity contribution in [3.05, 3.63) is 27.7 Å². The van der Waals surface area contributed by atoms with Crippen LogP contribution in [0.5, 0.6) is 5.75 Å². The van der Waals surface area contributed by atoms with E-state index in [-0.39, 0.29) is 23.7 Å². The number of imide groups is 1. The third kappa shape index (κ3) is 1.50. The van der Waals surface area contributed by atoms with Gasteiger partial charge < -0.3 is 4.74 Å². The van der Waals surface area contributed by atoms with Gasteiger partial charge in [-0.05, 0) is 46.0 Å². The van der Waals surface area contributed by atoms with E-state index < -0.39 is 0 Å². The summed E-state index contributed by atoms with van der Waals surface area (Å²) in [5, 5.41) is 2.42. The zero-order valence-electron chi connectivity index (χ0n) is 9.83. The summed E-state index contributed by atoms with van der Waals surface area (Å²) in [4.78, 5) is 23.5. The number of fused-ring (bicyclic) bond motifs is 3. The maximum Gasteiger partial charge on any atom is 0.234 e. The Kier molecular flexibility index (Phi) is 2.66. The number of hydrogen-bond donors (Lipinski definition) is 1. The molecular weight excluding hydrogens is 298 g/mol. The highest BCUT2D eigenvalue weighted by molar-refractivity contribution is 9.10. The Labute approximate surface area is 113 Å². The van der Waals surface area contributed by atoms with Gasteiger partial charge in [-0.25, -0.2) is 0 Å². The first kappa shape index (κ1) is 11.7. The van der Waals surface area contributed by atoms with Crippen LogP contribution in [-0.4, -0.2) is 18.9 Å². The van der Waals surface area contributed by atoms with Crippen molar-refractivity contribution in [2.45, 2.75) is 18.8 Å². The Bertz CT molecular complexity index is 555. The molecule has 3 rings (SSSR count). The maximum atomic E-state index is 11.9. The Morgan fingerprint density at radius 2 is 2.11 bits per heavy atom.